The van der Waals surface area contributed by atoms with Crippen molar-refractivity contribution in [2.24, 2.45) is 0 Å². The maximum Gasteiger partial charge on any atom is 0.304 e. The Balaban J connectivity index is 2.14. The van der Waals surface area contributed by atoms with Crippen LogP contribution in [0, 0.1) is 0 Å². The summed E-state index contributed by atoms with van der Waals surface area (Å²) in [4.78, 5) is 29.4. The van der Waals surface area contributed by atoms with Crippen LogP contribution in [-0.2, 0) is 11.3 Å². The molecule has 102 valence electrons. The van der Waals surface area contributed by atoms with Gasteiger partial charge in [0.05, 0.1) is 12.1 Å². The predicted molar refractivity (Wildman–Crippen MR) is 72.5 cm³/mol. The summed E-state index contributed by atoms with van der Waals surface area (Å²) in [5.41, 5.74) is 0.579. The summed E-state index contributed by atoms with van der Waals surface area (Å²) in [6, 6.07) is 1.50. The van der Waals surface area contributed by atoms with Gasteiger partial charge >= 0.3 is 5.97 Å². The smallest absolute Gasteiger partial charge is 0.304 e. The molecule has 1 N–H and O–H groups in total. The van der Waals surface area contributed by atoms with Crippen molar-refractivity contribution in [1.29, 1.82) is 0 Å². The van der Waals surface area contributed by atoms with Crippen molar-refractivity contribution in [2.45, 2.75) is 19.9 Å². The highest BCUT2D eigenvalue weighted by Crippen LogP contribution is 2.08. The molecule has 2 rings (SSSR count). The first kappa shape index (κ1) is 13.7. The Morgan fingerprint density at radius 2 is 2.37 bits per heavy atom. The average molecular weight is 281 g/mol. The summed E-state index contributed by atoms with van der Waals surface area (Å²) in [5.74, 6) is -0.819. The number of nitrogens with zero attached hydrogens (tertiary/aromatic N) is 3. The molecule has 6 nitrogen and oxygen atoms in total. The highest BCUT2D eigenvalue weighted by molar-refractivity contribution is 7.15. The van der Waals surface area contributed by atoms with Crippen LogP contribution in [0.4, 0.5) is 0 Å². The molecule has 2 aromatic heterocycles. The molecule has 0 spiro atoms. The lowest BCUT2D eigenvalue weighted by molar-refractivity contribution is -0.137. The van der Waals surface area contributed by atoms with E-state index >= 15 is 0 Å². The predicted octanol–water partition coefficient (Wildman–Crippen LogP) is 1.05. The molecule has 0 aromatic carbocycles. The van der Waals surface area contributed by atoms with Crippen molar-refractivity contribution in [3.8, 4) is 0 Å². The van der Waals surface area contributed by atoms with Crippen LogP contribution in [0.25, 0.3) is 4.96 Å². The first-order valence-corrected chi connectivity index (χ1v) is 6.88. The summed E-state index contributed by atoms with van der Waals surface area (Å²) in [5, 5.41) is 10.5. The lowest BCUT2D eigenvalue weighted by Crippen LogP contribution is -2.27. The van der Waals surface area contributed by atoms with E-state index in [9.17, 15) is 9.59 Å². The van der Waals surface area contributed by atoms with Gasteiger partial charge in [-0.15, -0.1) is 11.3 Å². The van der Waals surface area contributed by atoms with Crippen LogP contribution in [0.15, 0.2) is 22.4 Å². The molecule has 0 fully saturated rings. The minimum Gasteiger partial charge on any atom is -0.481 e. The lowest BCUT2D eigenvalue weighted by Gasteiger charge is -2.18. The number of carboxylic acid groups (broad SMARTS) is 1. The first-order valence-electron chi connectivity index (χ1n) is 6.00. The molecule has 2 heterocycles. The Morgan fingerprint density at radius 3 is 3.05 bits per heavy atom. The van der Waals surface area contributed by atoms with Gasteiger partial charge in [0, 0.05) is 30.7 Å². The lowest BCUT2D eigenvalue weighted by atomic mass is 10.3. The number of aromatic nitrogens is 2. The second kappa shape index (κ2) is 5.94. The number of carbonyl (C=O) groups is 1. The van der Waals surface area contributed by atoms with Gasteiger partial charge in [0.25, 0.3) is 5.56 Å². The van der Waals surface area contributed by atoms with Crippen molar-refractivity contribution in [3.63, 3.8) is 0 Å². The number of aliphatic carboxylic acids is 1. The van der Waals surface area contributed by atoms with E-state index in [4.69, 9.17) is 5.11 Å². The molecule has 0 saturated carbocycles. The largest absolute Gasteiger partial charge is 0.481 e. The van der Waals surface area contributed by atoms with E-state index in [0.29, 0.717) is 23.7 Å². The molecule has 0 aliphatic carbocycles. The number of thiazole rings is 1. The van der Waals surface area contributed by atoms with Gasteiger partial charge in [-0.3, -0.25) is 18.9 Å². The van der Waals surface area contributed by atoms with Crippen LogP contribution in [0.2, 0.25) is 0 Å². The molecule has 0 aliphatic heterocycles. The molecule has 0 radical (unpaired) electrons. The molecular formula is C12H15N3O3S. The fourth-order valence-corrected chi connectivity index (χ4v) is 2.54. The Bertz CT molecular complexity index is 634. The van der Waals surface area contributed by atoms with Crippen LogP contribution in [0.1, 0.15) is 19.0 Å². The Hall–Kier alpha value is -1.73. The van der Waals surface area contributed by atoms with E-state index in [2.05, 4.69) is 4.98 Å². The first-order chi connectivity index (χ1) is 9.10. The van der Waals surface area contributed by atoms with Gasteiger partial charge in [-0.25, -0.2) is 4.98 Å². The van der Waals surface area contributed by atoms with Crippen molar-refractivity contribution >= 4 is 22.3 Å². The fraction of sp³-hybridized carbons (Fsp3) is 0.417. The third kappa shape index (κ3) is 3.39. The minimum atomic E-state index is -0.819. The van der Waals surface area contributed by atoms with Crippen molar-refractivity contribution in [2.75, 3.05) is 13.1 Å². The summed E-state index contributed by atoms with van der Waals surface area (Å²) >= 11 is 1.41. The molecule has 19 heavy (non-hydrogen) atoms. The summed E-state index contributed by atoms with van der Waals surface area (Å²) in [7, 11) is 0. The van der Waals surface area contributed by atoms with Crippen molar-refractivity contribution in [1.82, 2.24) is 14.3 Å². The number of fused-ring (bicyclic) bond motifs is 1. The minimum absolute atomic E-state index is 0.0913. The zero-order valence-electron chi connectivity index (χ0n) is 10.6. The van der Waals surface area contributed by atoms with Gasteiger partial charge in [-0.1, -0.05) is 6.92 Å². The molecule has 0 bridgehead atoms. The Kier molecular flexibility index (Phi) is 4.28. The molecule has 0 saturated heterocycles. The van der Waals surface area contributed by atoms with Crippen LogP contribution in [-0.4, -0.2) is 38.4 Å². The quantitative estimate of drug-likeness (QED) is 0.856. The van der Waals surface area contributed by atoms with Gasteiger partial charge in [0.2, 0.25) is 0 Å². The van der Waals surface area contributed by atoms with Gasteiger partial charge in [-0.05, 0) is 6.54 Å². The molecule has 0 atom stereocenters. The maximum absolute atomic E-state index is 11.8. The second-order valence-corrected chi connectivity index (χ2v) is 5.03. The van der Waals surface area contributed by atoms with Gasteiger partial charge < -0.3 is 5.11 Å². The Morgan fingerprint density at radius 1 is 1.58 bits per heavy atom. The zero-order chi connectivity index (χ0) is 13.8. The summed E-state index contributed by atoms with van der Waals surface area (Å²) in [6.45, 7) is 3.63. The third-order valence-corrected chi connectivity index (χ3v) is 3.59. The number of carboxylic acids is 1. The van der Waals surface area contributed by atoms with Crippen LogP contribution in [0.3, 0.4) is 0 Å². The second-order valence-electron chi connectivity index (χ2n) is 4.15. The topological polar surface area (TPSA) is 74.9 Å². The van der Waals surface area contributed by atoms with Gasteiger partial charge in [0.1, 0.15) is 0 Å². The van der Waals surface area contributed by atoms with Gasteiger partial charge in [-0.2, -0.15) is 0 Å². The molecule has 7 heteroatoms. The standard InChI is InChI=1S/C12H15N3O3S/c1-2-14(4-3-11(17)18)8-9-7-10(16)15-5-6-19-12(15)13-9/h5-7H,2-4,8H2,1H3,(H,17,18). The van der Waals surface area contributed by atoms with Gasteiger partial charge in [0.15, 0.2) is 4.96 Å². The zero-order valence-corrected chi connectivity index (χ0v) is 11.4. The van der Waals surface area contributed by atoms with E-state index < -0.39 is 5.97 Å². The molecule has 0 aliphatic rings. The van der Waals surface area contributed by atoms with Crippen molar-refractivity contribution < 1.29 is 9.90 Å². The number of rotatable bonds is 6. The fourth-order valence-electron chi connectivity index (χ4n) is 1.80. The maximum atomic E-state index is 11.8. The SMILES string of the molecule is CCN(CCC(=O)O)Cc1cc(=O)n2ccsc2n1. The van der Waals surface area contributed by atoms with E-state index in [1.165, 1.54) is 21.8 Å². The van der Waals surface area contributed by atoms with E-state index in [-0.39, 0.29) is 12.0 Å². The van der Waals surface area contributed by atoms with E-state index in [0.717, 1.165) is 6.54 Å². The normalized spacial score (nSPS) is 11.3. The number of hydrogen-bond donors (Lipinski definition) is 1. The Labute approximate surface area is 113 Å². The van der Waals surface area contributed by atoms with E-state index in [1.807, 2.05) is 17.2 Å². The third-order valence-electron chi connectivity index (χ3n) is 2.83. The molecular weight excluding hydrogens is 266 g/mol. The van der Waals surface area contributed by atoms with Crippen LogP contribution < -0.4 is 5.56 Å². The van der Waals surface area contributed by atoms with Crippen LogP contribution in [0.5, 0.6) is 0 Å². The molecule has 0 amide bonds. The average Bonchev–Trinajstić information content (AvgIpc) is 2.83. The highest BCUT2D eigenvalue weighted by Gasteiger charge is 2.09. The van der Waals surface area contributed by atoms with E-state index in [1.54, 1.807) is 6.20 Å². The molecule has 2 aromatic rings. The number of hydrogen-bond acceptors (Lipinski definition) is 5. The highest BCUT2D eigenvalue weighted by atomic mass is 32.1. The van der Waals surface area contributed by atoms with Crippen LogP contribution >= 0.6 is 11.3 Å². The monoisotopic (exact) mass is 281 g/mol. The summed E-state index contributed by atoms with van der Waals surface area (Å²) < 4.78 is 1.50. The summed E-state index contributed by atoms with van der Waals surface area (Å²) in [6.07, 6.45) is 1.79. The van der Waals surface area contributed by atoms with Crippen molar-refractivity contribution in [3.05, 3.63) is 33.7 Å². The molecule has 0 unspecified atom stereocenters.